The molecule has 19 heavy (non-hydrogen) atoms. The van der Waals surface area contributed by atoms with Crippen LogP contribution in [0.4, 0.5) is 0 Å². The van der Waals surface area contributed by atoms with Gasteiger partial charge in [-0.25, -0.2) is 0 Å². The third kappa shape index (κ3) is 8.61. The molecule has 0 N–H and O–H groups in total. The van der Waals surface area contributed by atoms with E-state index in [2.05, 4.69) is 25.7 Å². The van der Waals surface area contributed by atoms with E-state index in [9.17, 15) is 0 Å². The van der Waals surface area contributed by atoms with Crippen LogP contribution in [-0.4, -0.2) is 51.5 Å². The van der Waals surface area contributed by atoms with Crippen molar-refractivity contribution in [3.05, 3.63) is 0 Å². The van der Waals surface area contributed by atoms with Crippen molar-refractivity contribution in [2.45, 2.75) is 46.5 Å². The fraction of sp³-hybridized carbons (Fsp3) is 1.00. The van der Waals surface area contributed by atoms with Crippen LogP contribution in [0.3, 0.4) is 0 Å². The summed E-state index contributed by atoms with van der Waals surface area (Å²) in [5, 5.41) is 0. The molecule has 3 heteroatoms. The predicted molar refractivity (Wildman–Crippen MR) is 80.5 cm³/mol. The zero-order chi connectivity index (χ0) is 14.1. The molecule has 0 aromatic heterocycles. The number of hydrogen-bond acceptors (Lipinski definition) is 3. The van der Waals surface area contributed by atoms with Crippen molar-refractivity contribution in [2.75, 3.05) is 46.6 Å². The standard InChI is InChI=1S/C16H33NO2/c1-16(2,3)14-15(7-11-18-4)6-5-8-17-9-12-19-13-10-17/h15H,5-14H2,1-4H3/t15-/m1/s1. The molecule has 1 rings (SSSR count). The maximum absolute atomic E-state index is 5.39. The van der Waals surface area contributed by atoms with E-state index in [1.54, 1.807) is 0 Å². The molecule has 1 aliphatic rings. The van der Waals surface area contributed by atoms with Crippen LogP contribution < -0.4 is 0 Å². The second-order valence-corrected chi connectivity index (χ2v) is 7.01. The van der Waals surface area contributed by atoms with Crippen molar-refractivity contribution in [3.63, 3.8) is 0 Å². The number of hydrogen-bond donors (Lipinski definition) is 0. The minimum Gasteiger partial charge on any atom is -0.385 e. The van der Waals surface area contributed by atoms with Crippen LogP contribution in [0.25, 0.3) is 0 Å². The Kier molecular flexibility index (Phi) is 7.96. The van der Waals surface area contributed by atoms with E-state index in [0.717, 1.165) is 38.8 Å². The SMILES string of the molecule is COCC[C@@H](CCCN1CCOCC1)CC(C)(C)C. The Hall–Kier alpha value is -0.120. The third-order valence-electron chi connectivity index (χ3n) is 3.82. The van der Waals surface area contributed by atoms with Gasteiger partial charge in [0, 0.05) is 26.8 Å². The first kappa shape index (κ1) is 16.9. The number of morpholine rings is 1. The molecule has 0 radical (unpaired) electrons. The molecular weight excluding hydrogens is 238 g/mol. The van der Waals surface area contributed by atoms with Crippen LogP contribution in [0.2, 0.25) is 0 Å². The molecule has 0 amide bonds. The molecule has 0 unspecified atom stereocenters. The van der Waals surface area contributed by atoms with Crippen molar-refractivity contribution in [3.8, 4) is 0 Å². The number of methoxy groups -OCH3 is 1. The first-order valence-electron chi connectivity index (χ1n) is 7.80. The van der Waals surface area contributed by atoms with Crippen molar-refractivity contribution in [1.29, 1.82) is 0 Å². The van der Waals surface area contributed by atoms with Crippen LogP contribution >= 0.6 is 0 Å². The van der Waals surface area contributed by atoms with Crippen LogP contribution in [-0.2, 0) is 9.47 Å². The molecule has 114 valence electrons. The highest BCUT2D eigenvalue weighted by atomic mass is 16.5. The summed E-state index contributed by atoms with van der Waals surface area (Å²) in [7, 11) is 1.81. The smallest absolute Gasteiger partial charge is 0.0594 e. The fourth-order valence-corrected chi connectivity index (χ4v) is 2.93. The number of ether oxygens (including phenoxy) is 2. The topological polar surface area (TPSA) is 21.7 Å². The third-order valence-corrected chi connectivity index (χ3v) is 3.82. The molecule has 0 aromatic rings. The van der Waals surface area contributed by atoms with Crippen LogP contribution in [0.15, 0.2) is 0 Å². The number of rotatable bonds is 8. The lowest BCUT2D eigenvalue weighted by molar-refractivity contribution is 0.0361. The minimum absolute atomic E-state index is 0.428. The highest BCUT2D eigenvalue weighted by molar-refractivity contribution is 4.71. The lowest BCUT2D eigenvalue weighted by atomic mass is 9.81. The Bertz CT molecular complexity index is 219. The van der Waals surface area contributed by atoms with Gasteiger partial charge in [0.05, 0.1) is 13.2 Å². The van der Waals surface area contributed by atoms with Gasteiger partial charge in [0.2, 0.25) is 0 Å². The van der Waals surface area contributed by atoms with Gasteiger partial charge in [-0.2, -0.15) is 0 Å². The van der Waals surface area contributed by atoms with Crippen molar-refractivity contribution in [2.24, 2.45) is 11.3 Å². The average Bonchev–Trinajstić information content (AvgIpc) is 2.35. The Labute approximate surface area is 119 Å². The van der Waals surface area contributed by atoms with Gasteiger partial charge in [0.25, 0.3) is 0 Å². The molecule has 3 nitrogen and oxygen atoms in total. The molecule has 0 aliphatic carbocycles. The van der Waals surface area contributed by atoms with Crippen LogP contribution in [0, 0.1) is 11.3 Å². The summed E-state index contributed by atoms with van der Waals surface area (Å²) in [5.41, 5.74) is 0.428. The van der Waals surface area contributed by atoms with Crippen LogP contribution in [0.5, 0.6) is 0 Å². The Morgan fingerprint density at radius 2 is 1.84 bits per heavy atom. The maximum Gasteiger partial charge on any atom is 0.0594 e. The quantitative estimate of drug-likeness (QED) is 0.677. The first-order valence-corrected chi connectivity index (χ1v) is 7.80. The molecule has 0 aromatic carbocycles. The maximum atomic E-state index is 5.39. The highest BCUT2D eigenvalue weighted by Gasteiger charge is 2.19. The van der Waals surface area contributed by atoms with Crippen LogP contribution in [0.1, 0.15) is 46.5 Å². The lowest BCUT2D eigenvalue weighted by Gasteiger charge is -2.29. The molecule has 1 saturated heterocycles. The summed E-state index contributed by atoms with van der Waals surface area (Å²) in [6.45, 7) is 13.2. The summed E-state index contributed by atoms with van der Waals surface area (Å²) in [4.78, 5) is 2.54. The van der Waals surface area contributed by atoms with E-state index in [1.807, 2.05) is 7.11 Å². The zero-order valence-corrected chi connectivity index (χ0v) is 13.4. The molecular formula is C16H33NO2. The first-order chi connectivity index (χ1) is 9.01. The molecule has 1 aliphatic heterocycles. The average molecular weight is 271 g/mol. The molecule has 0 saturated carbocycles. The highest BCUT2D eigenvalue weighted by Crippen LogP contribution is 2.29. The summed E-state index contributed by atoms with van der Waals surface area (Å²) < 4.78 is 10.6. The minimum atomic E-state index is 0.428. The Morgan fingerprint density at radius 3 is 2.42 bits per heavy atom. The normalized spacial score (nSPS) is 19.6. The Balaban J connectivity index is 2.22. The van der Waals surface area contributed by atoms with Gasteiger partial charge < -0.3 is 9.47 Å². The van der Waals surface area contributed by atoms with Crippen molar-refractivity contribution < 1.29 is 9.47 Å². The van der Waals surface area contributed by atoms with E-state index in [4.69, 9.17) is 9.47 Å². The molecule has 0 spiro atoms. The Morgan fingerprint density at radius 1 is 1.16 bits per heavy atom. The lowest BCUT2D eigenvalue weighted by Crippen LogP contribution is -2.37. The van der Waals surface area contributed by atoms with Gasteiger partial charge in [-0.15, -0.1) is 0 Å². The van der Waals surface area contributed by atoms with Gasteiger partial charge in [0.15, 0.2) is 0 Å². The second kappa shape index (κ2) is 8.93. The van der Waals surface area contributed by atoms with Crippen molar-refractivity contribution in [1.82, 2.24) is 4.90 Å². The van der Waals surface area contributed by atoms with Gasteiger partial charge in [-0.1, -0.05) is 20.8 Å². The summed E-state index contributed by atoms with van der Waals surface area (Å²) in [5.74, 6) is 0.806. The van der Waals surface area contributed by atoms with E-state index in [0.29, 0.717) is 5.41 Å². The van der Waals surface area contributed by atoms with Gasteiger partial charge in [-0.3, -0.25) is 4.90 Å². The van der Waals surface area contributed by atoms with Gasteiger partial charge >= 0.3 is 0 Å². The zero-order valence-electron chi connectivity index (χ0n) is 13.4. The largest absolute Gasteiger partial charge is 0.385 e. The number of nitrogens with zero attached hydrogens (tertiary/aromatic N) is 1. The summed E-state index contributed by atoms with van der Waals surface area (Å²) in [6.07, 6.45) is 5.15. The van der Waals surface area contributed by atoms with E-state index in [1.165, 1.54) is 32.2 Å². The molecule has 1 fully saturated rings. The van der Waals surface area contributed by atoms with E-state index >= 15 is 0 Å². The second-order valence-electron chi connectivity index (χ2n) is 7.01. The summed E-state index contributed by atoms with van der Waals surface area (Å²) in [6, 6.07) is 0. The van der Waals surface area contributed by atoms with E-state index in [-0.39, 0.29) is 0 Å². The van der Waals surface area contributed by atoms with Gasteiger partial charge in [-0.05, 0) is 43.6 Å². The van der Waals surface area contributed by atoms with Crippen molar-refractivity contribution >= 4 is 0 Å². The van der Waals surface area contributed by atoms with E-state index < -0.39 is 0 Å². The molecule has 0 bridgehead atoms. The predicted octanol–water partition coefficient (Wildman–Crippen LogP) is 3.19. The van der Waals surface area contributed by atoms with Gasteiger partial charge in [0.1, 0.15) is 0 Å². The molecule has 1 heterocycles. The fourth-order valence-electron chi connectivity index (χ4n) is 2.93. The summed E-state index contributed by atoms with van der Waals surface area (Å²) >= 11 is 0. The molecule has 1 atom stereocenters. The monoisotopic (exact) mass is 271 g/mol.